The molecule has 0 aromatic heterocycles. The van der Waals surface area contributed by atoms with Crippen LogP contribution in [0.5, 0.6) is 0 Å². The molecule has 0 aromatic carbocycles. The summed E-state index contributed by atoms with van der Waals surface area (Å²) in [5.74, 6) is 0. The Morgan fingerprint density at radius 1 is 0.833 bits per heavy atom. The summed E-state index contributed by atoms with van der Waals surface area (Å²) in [5.41, 5.74) is 0. The van der Waals surface area contributed by atoms with Gasteiger partial charge in [0.2, 0.25) is 0 Å². The first-order chi connectivity index (χ1) is 5.07. The lowest BCUT2D eigenvalue weighted by Crippen LogP contribution is -2.57. The van der Waals surface area contributed by atoms with Gasteiger partial charge in [-0.3, -0.25) is 0 Å². The Hall–Kier alpha value is -0.395. The molecule has 12 heavy (non-hydrogen) atoms. The fraction of sp³-hybridized carbons (Fsp3) is 1.00. The van der Waals surface area contributed by atoms with Gasteiger partial charge in [0.25, 0.3) is 0 Å². The average Bonchev–Trinajstić information content (AvgIpc) is 1.49. The van der Waals surface area contributed by atoms with Gasteiger partial charge in [0.1, 0.15) is 0 Å². The van der Waals surface area contributed by atoms with Crippen molar-refractivity contribution < 1.29 is 26.3 Å². The number of hydrogen-bond acceptors (Lipinski definition) is 1. The fourth-order valence-electron chi connectivity index (χ4n) is 0.771. The summed E-state index contributed by atoms with van der Waals surface area (Å²) in [5, 5.41) is 0. The summed E-state index contributed by atoms with van der Waals surface area (Å²) in [6, 6.07) is 0. The molecule has 0 aliphatic carbocycles. The second kappa shape index (κ2) is 3.16. The highest BCUT2D eigenvalue weighted by atomic mass is 19.4. The van der Waals surface area contributed by atoms with Crippen molar-refractivity contribution in [3.63, 3.8) is 0 Å². The van der Waals surface area contributed by atoms with E-state index in [4.69, 9.17) is 0 Å². The van der Waals surface area contributed by atoms with Crippen molar-refractivity contribution in [3.8, 4) is 0 Å². The van der Waals surface area contributed by atoms with Crippen LogP contribution in [0.4, 0.5) is 26.3 Å². The van der Waals surface area contributed by atoms with Crippen LogP contribution in [0.25, 0.3) is 0 Å². The summed E-state index contributed by atoms with van der Waals surface area (Å²) in [6.45, 7) is -3.38. The van der Waals surface area contributed by atoms with Crippen molar-refractivity contribution in [1.82, 2.24) is 4.81 Å². The van der Waals surface area contributed by atoms with Gasteiger partial charge in [0.05, 0.1) is 0 Å². The molecule has 0 aliphatic heterocycles. The molecule has 0 aliphatic rings. The fourth-order valence-corrected chi connectivity index (χ4v) is 0.771. The van der Waals surface area contributed by atoms with E-state index in [1.165, 1.54) is 0 Å². The SMILES string of the molecule is CN(C)B(C(F)(F)F)C(F)(F)F. The first-order valence-electron chi connectivity index (χ1n) is 2.86. The Bertz CT molecular complexity index is 135. The second-order valence-corrected chi connectivity index (χ2v) is 2.45. The van der Waals surface area contributed by atoms with E-state index in [2.05, 4.69) is 0 Å². The van der Waals surface area contributed by atoms with Gasteiger partial charge < -0.3 is 4.81 Å². The number of rotatable bonds is 1. The molecule has 0 saturated heterocycles. The summed E-state index contributed by atoms with van der Waals surface area (Å²) in [6.07, 6.45) is -10.6. The van der Waals surface area contributed by atoms with Crippen LogP contribution in [0.15, 0.2) is 0 Å². The Balaban J connectivity index is 4.70. The van der Waals surface area contributed by atoms with E-state index in [0.29, 0.717) is 0 Å². The monoisotopic (exact) mass is 193 g/mol. The highest BCUT2D eigenvalue weighted by Gasteiger charge is 2.63. The van der Waals surface area contributed by atoms with E-state index in [-0.39, 0.29) is 4.81 Å². The van der Waals surface area contributed by atoms with Gasteiger partial charge in [0.15, 0.2) is 0 Å². The Labute approximate surface area is 65.4 Å². The number of nitrogens with zero attached hydrogens (tertiary/aromatic N) is 1. The topological polar surface area (TPSA) is 3.24 Å². The normalized spacial score (nSPS) is 13.8. The molecule has 0 aromatic rings. The van der Waals surface area contributed by atoms with Crippen LogP contribution in [0.1, 0.15) is 0 Å². The van der Waals surface area contributed by atoms with Crippen molar-refractivity contribution in [2.75, 3.05) is 14.1 Å². The van der Waals surface area contributed by atoms with Gasteiger partial charge in [-0.2, -0.15) is 26.3 Å². The minimum Gasteiger partial charge on any atom is -0.332 e. The highest BCUT2D eigenvalue weighted by molar-refractivity contribution is 6.60. The predicted molar refractivity (Wildman–Crippen MR) is 31.6 cm³/mol. The summed E-state index contributed by atoms with van der Waals surface area (Å²) >= 11 is 0. The standard InChI is InChI=1S/C4H6BF6N/c1-12(2)5(3(6,7)8)4(9,10)11/h1-2H3. The van der Waals surface area contributed by atoms with Crippen molar-refractivity contribution in [2.24, 2.45) is 0 Å². The van der Waals surface area contributed by atoms with Crippen LogP contribution in [-0.4, -0.2) is 37.9 Å². The summed E-state index contributed by atoms with van der Waals surface area (Å²) in [4.78, 5) is 0.0833. The molecule has 0 spiro atoms. The third-order valence-electron chi connectivity index (χ3n) is 1.14. The zero-order valence-corrected chi connectivity index (χ0v) is 6.29. The van der Waals surface area contributed by atoms with Gasteiger partial charge in [-0.15, -0.1) is 0 Å². The van der Waals surface area contributed by atoms with E-state index in [1.54, 1.807) is 0 Å². The largest absolute Gasteiger partial charge is 0.477 e. The van der Waals surface area contributed by atoms with Crippen LogP contribution in [0.2, 0.25) is 0 Å². The van der Waals surface area contributed by atoms with Gasteiger partial charge in [-0.1, -0.05) is 0 Å². The smallest absolute Gasteiger partial charge is 0.332 e. The maximum absolute atomic E-state index is 11.7. The van der Waals surface area contributed by atoms with Gasteiger partial charge in [-0.05, 0) is 14.1 Å². The van der Waals surface area contributed by atoms with Crippen LogP contribution < -0.4 is 0 Å². The summed E-state index contributed by atoms with van der Waals surface area (Å²) < 4.78 is 70.2. The third-order valence-corrected chi connectivity index (χ3v) is 1.14. The maximum atomic E-state index is 11.7. The maximum Gasteiger partial charge on any atom is 0.477 e. The number of alkyl halides is 6. The van der Waals surface area contributed by atoms with Crippen molar-refractivity contribution in [1.29, 1.82) is 0 Å². The molecule has 1 nitrogen and oxygen atoms in total. The predicted octanol–water partition coefficient (Wildman–Crippen LogP) is 1.74. The molecule has 0 atom stereocenters. The van der Waals surface area contributed by atoms with E-state index in [0.717, 1.165) is 14.1 Å². The number of halogens is 6. The molecule has 0 rings (SSSR count). The number of hydrogen-bond donors (Lipinski definition) is 0. The molecule has 0 radical (unpaired) electrons. The van der Waals surface area contributed by atoms with Crippen LogP contribution in [0.3, 0.4) is 0 Å². The third kappa shape index (κ3) is 2.92. The van der Waals surface area contributed by atoms with Crippen molar-refractivity contribution >= 4 is 6.85 Å². The van der Waals surface area contributed by atoms with E-state index in [1.807, 2.05) is 0 Å². The van der Waals surface area contributed by atoms with Gasteiger partial charge in [-0.25, -0.2) is 0 Å². The van der Waals surface area contributed by atoms with E-state index >= 15 is 0 Å². The molecule has 0 heterocycles. The zero-order valence-electron chi connectivity index (χ0n) is 6.29. The molecule has 0 fully saturated rings. The average molecular weight is 193 g/mol. The first-order valence-corrected chi connectivity index (χ1v) is 2.86. The second-order valence-electron chi connectivity index (χ2n) is 2.45. The van der Waals surface area contributed by atoms with Crippen molar-refractivity contribution in [2.45, 2.75) is 12.2 Å². The molecule has 0 amide bonds. The van der Waals surface area contributed by atoms with E-state index in [9.17, 15) is 26.3 Å². The lowest BCUT2D eigenvalue weighted by atomic mass is 9.59. The molecular formula is C4H6BF6N. The molecule has 8 heteroatoms. The van der Waals surface area contributed by atoms with Gasteiger partial charge >= 0.3 is 19.0 Å². The Morgan fingerprint density at radius 2 is 1.08 bits per heavy atom. The molecule has 0 N–H and O–H groups in total. The summed E-state index contributed by atoms with van der Waals surface area (Å²) in [7, 11) is 1.46. The zero-order chi connectivity index (χ0) is 10.2. The molecule has 0 unspecified atom stereocenters. The Morgan fingerprint density at radius 3 is 1.08 bits per heavy atom. The molecule has 72 valence electrons. The highest BCUT2D eigenvalue weighted by Crippen LogP contribution is 2.32. The van der Waals surface area contributed by atoms with E-state index < -0.39 is 19.0 Å². The lowest BCUT2D eigenvalue weighted by molar-refractivity contribution is -0.113. The molecule has 0 saturated carbocycles. The van der Waals surface area contributed by atoms with Crippen LogP contribution in [-0.2, 0) is 0 Å². The quantitative estimate of drug-likeness (QED) is 0.452. The first kappa shape index (κ1) is 11.6. The minimum absolute atomic E-state index is 0.0833. The minimum atomic E-state index is -5.28. The lowest BCUT2D eigenvalue weighted by Gasteiger charge is -2.24. The Kier molecular flexibility index (Phi) is 3.05. The van der Waals surface area contributed by atoms with Crippen molar-refractivity contribution in [3.05, 3.63) is 0 Å². The molecule has 0 bridgehead atoms. The van der Waals surface area contributed by atoms with Crippen LogP contribution >= 0.6 is 0 Å². The molecular weight excluding hydrogens is 187 g/mol. The van der Waals surface area contributed by atoms with Gasteiger partial charge in [0, 0.05) is 0 Å². The van der Waals surface area contributed by atoms with Crippen LogP contribution in [0, 0.1) is 0 Å².